The summed E-state index contributed by atoms with van der Waals surface area (Å²) in [5.74, 6) is 0. The first kappa shape index (κ1) is 3.39. The highest BCUT2D eigenvalue weighted by Crippen LogP contribution is 2.05. The van der Waals surface area contributed by atoms with Gasteiger partial charge in [0.25, 0.3) is 0 Å². The first-order valence-corrected chi connectivity index (χ1v) is 1.98. The Hall–Kier alpha value is 0.195. The van der Waals surface area contributed by atoms with Crippen LogP contribution >= 0.6 is 0 Å². The molecule has 3 radical (unpaired) electrons. The van der Waals surface area contributed by atoms with Crippen LogP contribution in [0.4, 0.5) is 0 Å². The van der Waals surface area contributed by atoms with E-state index in [2.05, 4.69) is 7.17 Å². The van der Waals surface area contributed by atoms with Crippen LogP contribution in [0.5, 0.6) is 0 Å². The van der Waals surface area contributed by atoms with Gasteiger partial charge in [0.1, 0.15) is 0 Å². The SMILES string of the molecule is [B]B1[B]CC1. The highest BCUT2D eigenvalue weighted by molar-refractivity contribution is 7.38. The van der Waals surface area contributed by atoms with E-state index >= 15 is 0 Å². The molecular formula is C2H4B3. The molecular weight excluding hydrogens is 56.5 g/mol. The average Bonchev–Trinajstić information content (AvgIpc) is 1.30. The van der Waals surface area contributed by atoms with Crippen LogP contribution in [-0.4, -0.2) is 21.4 Å². The third-order valence-corrected chi connectivity index (χ3v) is 0.969. The van der Waals surface area contributed by atoms with Crippen molar-refractivity contribution in [2.24, 2.45) is 0 Å². The van der Waals surface area contributed by atoms with Crippen LogP contribution in [0.3, 0.4) is 0 Å². The van der Waals surface area contributed by atoms with Crippen LogP contribution in [0, 0.1) is 0 Å². The highest BCUT2D eigenvalue weighted by atomic mass is 13.6. The smallest absolute Gasteiger partial charge is 0.0634 e. The molecule has 0 aliphatic carbocycles. The fourth-order valence-corrected chi connectivity index (χ4v) is 0.359. The van der Waals surface area contributed by atoms with Gasteiger partial charge in [0.2, 0.25) is 0 Å². The topological polar surface area (TPSA) is 0 Å². The minimum Gasteiger partial charge on any atom is -0.0970 e. The molecule has 0 bridgehead atoms. The van der Waals surface area contributed by atoms with Crippen molar-refractivity contribution in [1.82, 2.24) is 0 Å². The van der Waals surface area contributed by atoms with E-state index in [0.717, 1.165) is 0 Å². The molecule has 0 aromatic carbocycles. The summed E-state index contributed by atoms with van der Waals surface area (Å²) in [6.07, 6.45) is 2.45. The molecule has 1 rings (SSSR count). The summed E-state index contributed by atoms with van der Waals surface area (Å²) >= 11 is 0. The lowest BCUT2D eigenvalue weighted by atomic mass is 9.00. The van der Waals surface area contributed by atoms with E-state index in [-0.39, 0.29) is 0 Å². The summed E-state index contributed by atoms with van der Waals surface area (Å²) in [4.78, 5) is 0. The predicted octanol–water partition coefficient (Wildman–Crippen LogP) is -0.221. The van der Waals surface area contributed by atoms with Crippen molar-refractivity contribution in [2.75, 3.05) is 0 Å². The van der Waals surface area contributed by atoms with Crippen LogP contribution in [0.2, 0.25) is 12.6 Å². The van der Waals surface area contributed by atoms with Gasteiger partial charge in [0, 0.05) is 7.74 Å². The molecule has 0 spiro atoms. The fraction of sp³-hybridized carbons (Fsp3) is 1.00. The Balaban J connectivity index is 2.08. The molecule has 0 unspecified atom stereocenters. The standard InChI is InChI=1S/C2H4B3/c3-5-2-1-4-5/h1-2H2. The summed E-state index contributed by atoms with van der Waals surface area (Å²) in [5, 5.41) is 0. The molecule has 0 nitrogen and oxygen atoms in total. The van der Waals surface area contributed by atoms with Gasteiger partial charge in [-0.3, -0.25) is 0 Å². The van der Waals surface area contributed by atoms with E-state index < -0.39 is 0 Å². The summed E-state index contributed by atoms with van der Waals surface area (Å²) in [5.41, 5.74) is 0. The lowest BCUT2D eigenvalue weighted by Gasteiger charge is -2.15. The Morgan fingerprint density at radius 2 is 2.20 bits per heavy atom. The molecule has 0 atom stereocenters. The Morgan fingerprint density at radius 1 is 1.80 bits per heavy atom. The second-order valence-corrected chi connectivity index (χ2v) is 1.48. The quantitative estimate of drug-likeness (QED) is 0.339. The van der Waals surface area contributed by atoms with Crippen molar-refractivity contribution in [2.45, 2.75) is 12.6 Å². The fourth-order valence-electron chi connectivity index (χ4n) is 0.359. The third-order valence-electron chi connectivity index (χ3n) is 0.969. The lowest BCUT2D eigenvalue weighted by molar-refractivity contribution is 1.39. The van der Waals surface area contributed by atoms with Gasteiger partial charge in [-0.15, -0.1) is 0 Å². The van der Waals surface area contributed by atoms with Crippen molar-refractivity contribution >= 4 is 21.4 Å². The first-order chi connectivity index (χ1) is 2.39. The zero-order valence-corrected chi connectivity index (χ0v) is 3.15. The molecule has 5 heavy (non-hydrogen) atoms. The number of hydrogen-bond donors (Lipinski definition) is 0. The van der Waals surface area contributed by atoms with E-state index in [1.165, 1.54) is 12.6 Å². The third kappa shape index (κ3) is 0.527. The van der Waals surface area contributed by atoms with Crippen molar-refractivity contribution in [3.63, 3.8) is 0 Å². The zero-order valence-electron chi connectivity index (χ0n) is 3.15. The molecule has 0 aromatic rings. The van der Waals surface area contributed by atoms with Gasteiger partial charge in [-0.25, -0.2) is 0 Å². The van der Waals surface area contributed by atoms with Gasteiger partial charge in [-0.2, -0.15) is 0 Å². The minimum atomic E-state index is 0.440. The summed E-state index contributed by atoms with van der Waals surface area (Å²) in [7, 11) is 7.45. The van der Waals surface area contributed by atoms with E-state index in [4.69, 9.17) is 7.74 Å². The van der Waals surface area contributed by atoms with Crippen LogP contribution in [-0.2, 0) is 0 Å². The first-order valence-electron chi connectivity index (χ1n) is 1.98. The Bertz CT molecular complexity index is 31.9. The van der Waals surface area contributed by atoms with Gasteiger partial charge >= 0.3 is 0 Å². The van der Waals surface area contributed by atoms with Crippen LogP contribution < -0.4 is 0 Å². The summed E-state index contributed by atoms with van der Waals surface area (Å²) in [6.45, 7) is 0.440. The highest BCUT2D eigenvalue weighted by Gasteiger charge is 2.13. The van der Waals surface area contributed by atoms with Crippen molar-refractivity contribution < 1.29 is 0 Å². The maximum atomic E-state index is 5.32. The minimum absolute atomic E-state index is 0.440. The molecule has 0 N–H and O–H groups in total. The van der Waals surface area contributed by atoms with E-state index in [1.807, 2.05) is 0 Å². The molecule has 1 fully saturated rings. The second kappa shape index (κ2) is 1.12. The van der Waals surface area contributed by atoms with Crippen molar-refractivity contribution in [3.8, 4) is 0 Å². The normalized spacial score (nSPS) is 20.4. The Labute approximate surface area is 35.0 Å². The Morgan fingerprint density at radius 3 is 2.20 bits per heavy atom. The van der Waals surface area contributed by atoms with E-state index in [9.17, 15) is 0 Å². The molecule has 0 saturated carbocycles. The zero-order chi connectivity index (χ0) is 3.70. The molecule has 21 valence electrons. The van der Waals surface area contributed by atoms with Gasteiger partial charge in [0.05, 0.1) is 13.7 Å². The maximum absolute atomic E-state index is 5.32. The van der Waals surface area contributed by atoms with Crippen LogP contribution in [0.15, 0.2) is 0 Å². The predicted molar refractivity (Wildman–Crippen MR) is 26.9 cm³/mol. The second-order valence-electron chi connectivity index (χ2n) is 1.48. The maximum Gasteiger partial charge on any atom is 0.0634 e. The van der Waals surface area contributed by atoms with Gasteiger partial charge in [0.15, 0.2) is 0 Å². The van der Waals surface area contributed by atoms with Gasteiger partial charge in [-0.1, -0.05) is 12.6 Å². The van der Waals surface area contributed by atoms with Crippen molar-refractivity contribution in [1.29, 1.82) is 0 Å². The molecule has 0 aromatic heterocycles. The molecule has 1 heterocycles. The Kier molecular flexibility index (Phi) is 0.756. The molecule has 3 heteroatoms. The van der Waals surface area contributed by atoms with Gasteiger partial charge < -0.3 is 0 Å². The van der Waals surface area contributed by atoms with E-state index in [1.54, 1.807) is 0 Å². The largest absolute Gasteiger partial charge is 0.0970 e. The molecule has 1 saturated heterocycles. The van der Waals surface area contributed by atoms with Crippen LogP contribution in [0.1, 0.15) is 0 Å². The van der Waals surface area contributed by atoms with Crippen LogP contribution in [0.25, 0.3) is 0 Å². The summed E-state index contributed by atoms with van der Waals surface area (Å²) < 4.78 is 0. The number of rotatable bonds is 0. The van der Waals surface area contributed by atoms with E-state index in [0.29, 0.717) is 6.49 Å². The summed E-state index contributed by atoms with van der Waals surface area (Å²) in [6, 6.07) is 0. The number of hydrogen-bond acceptors (Lipinski definition) is 0. The molecule has 1 aliphatic heterocycles. The average molecular weight is 60.5 g/mol. The van der Waals surface area contributed by atoms with Gasteiger partial charge in [-0.05, 0) is 0 Å². The monoisotopic (exact) mass is 61.1 g/mol. The molecule has 1 aliphatic rings. The lowest BCUT2D eigenvalue weighted by Crippen LogP contribution is -2.32. The molecule has 0 amide bonds. The van der Waals surface area contributed by atoms with Crippen molar-refractivity contribution in [3.05, 3.63) is 0 Å².